The predicted molar refractivity (Wildman–Crippen MR) is 104 cm³/mol. The number of hydrogen-bond donors (Lipinski definition) is 5. The van der Waals surface area contributed by atoms with E-state index in [4.69, 9.17) is 10.5 Å². The SMILES string of the molecule is CC(=O)OCCC1=CSC(N)N1Cc1cc(Br)cc2c1NC(O)C(O)N2. The number of carbonyl (C=O) groups is 1. The number of thioether (sulfide) groups is 1. The van der Waals surface area contributed by atoms with Gasteiger partial charge in [0.1, 0.15) is 5.50 Å². The summed E-state index contributed by atoms with van der Waals surface area (Å²) in [5.41, 5.74) is 9.26. The fraction of sp³-hybridized carbons (Fsp3) is 0.438. The van der Waals surface area contributed by atoms with E-state index in [-0.39, 0.29) is 11.5 Å². The summed E-state index contributed by atoms with van der Waals surface area (Å²) in [5, 5.41) is 27.5. The zero-order valence-electron chi connectivity index (χ0n) is 14.1. The number of nitrogens with zero attached hydrogens (tertiary/aromatic N) is 1. The van der Waals surface area contributed by atoms with E-state index in [9.17, 15) is 15.0 Å². The third-order valence-corrected chi connectivity index (χ3v) is 5.50. The van der Waals surface area contributed by atoms with Crippen molar-refractivity contribution >= 4 is 45.0 Å². The second-order valence-corrected chi connectivity index (χ2v) is 7.93. The van der Waals surface area contributed by atoms with Gasteiger partial charge in [0.05, 0.1) is 18.0 Å². The number of halogens is 1. The lowest BCUT2D eigenvalue weighted by Crippen LogP contribution is -2.43. The van der Waals surface area contributed by atoms with Gasteiger partial charge in [-0.1, -0.05) is 27.7 Å². The van der Waals surface area contributed by atoms with Crippen LogP contribution in [-0.4, -0.2) is 45.6 Å². The van der Waals surface area contributed by atoms with Crippen LogP contribution >= 0.6 is 27.7 Å². The Balaban J connectivity index is 1.79. The largest absolute Gasteiger partial charge is 0.465 e. The van der Waals surface area contributed by atoms with Gasteiger partial charge in [-0.25, -0.2) is 0 Å². The van der Waals surface area contributed by atoms with Crippen molar-refractivity contribution in [2.45, 2.75) is 37.8 Å². The number of esters is 1. The number of fused-ring (bicyclic) bond motifs is 1. The van der Waals surface area contributed by atoms with Crippen LogP contribution in [0.5, 0.6) is 0 Å². The normalized spacial score (nSPS) is 24.4. The molecule has 0 spiro atoms. The molecule has 26 heavy (non-hydrogen) atoms. The first-order valence-corrected chi connectivity index (χ1v) is 9.80. The third kappa shape index (κ3) is 4.26. The smallest absolute Gasteiger partial charge is 0.302 e. The van der Waals surface area contributed by atoms with Gasteiger partial charge in [-0.15, -0.1) is 0 Å². The van der Waals surface area contributed by atoms with Gasteiger partial charge in [0.15, 0.2) is 12.5 Å². The van der Waals surface area contributed by atoms with Crippen LogP contribution in [0.4, 0.5) is 11.4 Å². The molecule has 2 heterocycles. The minimum atomic E-state index is -1.11. The van der Waals surface area contributed by atoms with Gasteiger partial charge in [-0.3, -0.25) is 4.79 Å². The molecule has 3 unspecified atom stereocenters. The van der Waals surface area contributed by atoms with Gasteiger partial charge in [0.2, 0.25) is 0 Å². The molecular formula is C16H21BrN4O4S. The summed E-state index contributed by atoms with van der Waals surface area (Å²) in [6.45, 7) is 2.18. The molecule has 2 aliphatic rings. The van der Waals surface area contributed by atoms with Gasteiger partial charge in [0.25, 0.3) is 0 Å². The van der Waals surface area contributed by atoms with Crippen molar-refractivity contribution in [2.24, 2.45) is 5.73 Å². The Morgan fingerprint density at radius 1 is 1.38 bits per heavy atom. The fourth-order valence-electron chi connectivity index (χ4n) is 2.87. The quantitative estimate of drug-likeness (QED) is 0.430. The number of nitrogens with two attached hydrogens (primary N) is 1. The van der Waals surface area contributed by atoms with Gasteiger partial charge in [-0.2, -0.15) is 0 Å². The molecule has 142 valence electrons. The number of carbonyl (C=O) groups excluding carboxylic acids is 1. The predicted octanol–water partition coefficient (Wildman–Crippen LogP) is 1.51. The monoisotopic (exact) mass is 444 g/mol. The van der Waals surface area contributed by atoms with Crippen LogP contribution in [0, 0.1) is 0 Å². The molecule has 3 atom stereocenters. The lowest BCUT2D eigenvalue weighted by molar-refractivity contribution is -0.140. The Bertz CT molecular complexity index is 732. The molecule has 1 aromatic carbocycles. The van der Waals surface area contributed by atoms with E-state index < -0.39 is 12.5 Å². The van der Waals surface area contributed by atoms with E-state index in [2.05, 4.69) is 26.6 Å². The highest BCUT2D eigenvalue weighted by atomic mass is 79.9. The average Bonchev–Trinajstić information content (AvgIpc) is 2.89. The second-order valence-electron chi connectivity index (χ2n) is 6.02. The zero-order valence-corrected chi connectivity index (χ0v) is 16.5. The molecule has 0 fully saturated rings. The molecule has 0 aromatic heterocycles. The summed E-state index contributed by atoms with van der Waals surface area (Å²) in [4.78, 5) is 13.0. The Morgan fingerprint density at radius 2 is 2.12 bits per heavy atom. The van der Waals surface area contributed by atoms with Crippen LogP contribution in [0.15, 0.2) is 27.7 Å². The Morgan fingerprint density at radius 3 is 2.85 bits per heavy atom. The topological polar surface area (TPSA) is 120 Å². The number of anilines is 2. The lowest BCUT2D eigenvalue weighted by Gasteiger charge is -2.33. The number of benzene rings is 1. The van der Waals surface area contributed by atoms with Crippen molar-refractivity contribution in [3.8, 4) is 0 Å². The maximum absolute atomic E-state index is 11.0. The molecule has 0 amide bonds. The molecule has 8 nitrogen and oxygen atoms in total. The van der Waals surface area contributed by atoms with Gasteiger partial charge < -0.3 is 36.2 Å². The molecule has 10 heteroatoms. The van der Waals surface area contributed by atoms with Crippen molar-refractivity contribution in [1.29, 1.82) is 0 Å². The summed E-state index contributed by atoms with van der Waals surface area (Å²) in [6.07, 6.45) is -1.62. The van der Waals surface area contributed by atoms with Gasteiger partial charge in [0, 0.05) is 30.1 Å². The van der Waals surface area contributed by atoms with Crippen LogP contribution in [0.1, 0.15) is 18.9 Å². The van der Waals surface area contributed by atoms with E-state index in [0.29, 0.717) is 25.3 Å². The number of hydrogen-bond acceptors (Lipinski definition) is 9. The minimum Gasteiger partial charge on any atom is -0.465 e. The van der Waals surface area contributed by atoms with E-state index >= 15 is 0 Å². The number of nitrogens with one attached hydrogen (secondary N) is 2. The highest BCUT2D eigenvalue weighted by Gasteiger charge is 2.29. The standard InChI is InChI=1S/C16H21BrN4O4S/c1-8(22)25-3-2-11-7-26-16(18)21(11)6-9-4-10(17)5-12-13(9)20-15(24)14(23)19-12/h4-5,7,14-16,19-20,23-24H,2-3,6,18H2,1H3. The van der Waals surface area contributed by atoms with E-state index in [1.165, 1.54) is 18.7 Å². The summed E-state index contributed by atoms with van der Waals surface area (Å²) in [7, 11) is 0. The maximum atomic E-state index is 11.0. The third-order valence-electron chi connectivity index (χ3n) is 4.10. The Labute approximate surface area is 163 Å². The zero-order chi connectivity index (χ0) is 18.8. The molecule has 2 aliphatic heterocycles. The molecule has 6 N–H and O–H groups in total. The molecule has 0 saturated carbocycles. The van der Waals surface area contributed by atoms with E-state index in [1.807, 2.05) is 22.4 Å². The number of ether oxygens (including phenoxy) is 1. The highest BCUT2D eigenvalue weighted by molar-refractivity contribution is 9.10. The van der Waals surface area contributed by atoms with E-state index in [1.54, 1.807) is 0 Å². The molecule has 3 rings (SSSR count). The summed E-state index contributed by atoms with van der Waals surface area (Å²) in [5.74, 6) is -0.309. The highest BCUT2D eigenvalue weighted by Crippen LogP contribution is 2.38. The summed E-state index contributed by atoms with van der Waals surface area (Å²) >= 11 is 4.97. The average molecular weight is 445 g/mol. The number of aliphatic hydroxyl groups excluding tert-OH is 2. The first kappa shape index (κ1) is 19.3. The lowest BCUT2D eigenvalue weighted by atomic mass is 10.1. The number of aliphatic hydroxyl groups is 2. The minimum absolute atomic E-state index is 0.246. The summed E-state index contributed by atoms with van der Waals surface area (Å²) < 4.78 is 5.87. The van der Waals surface area contributed by atoms with Crippen LogP contribution in [0.3, 0.4) is 0 Å². The first-order chi connectivity index (χ1) is 12.3. The Hall–Kier alpha value is -1.46. The van der Waals surface area contributed by atoms with Crippen LogP contribution in [-0.2, 0) is 16.1 Å². The molecular weight excluding hydrogens is 424 g/mol. The first-order valence-electron chi connectivity index (χ1n) is 8.07. The number of rotatable bonds is 5. The molecule has 0 radical (unpaired) electrons. The van der Waals surface area contributed by atoms with Gasteiger partial charge in [-0.05, 0) is 23.1 Å². The molecule has 0 aliphatic carbocycles. The molecule has 0 saturated heterocycles. The summed E-state index contributed by atoms with van der Waals surface area (Å²) in [6, 6.07) is 3.77. The molecule has 1 aromatic rings. The van der Waals surface area contributed by atoms with Crippen molar-refractivity contribution < 1.29 is 19.7 Å². The Kier molecular flexibility index (Phi) is 5.98. The molecule has 0 bridgehead atoms. The van der Waals surface area contributed by atoms with Gasteiger partial charge >= 0.3 is 5.97 Å². The van der Waals surface area contributed by atoms with Crippen LogP contribution in [0.25, 0.3) is 0 Å². The fourth-order valence-corrected chi connectivity index (χ4v) is 4.28. The van der Waals surface area contributed by atoms with Crippen molar-refractivity contribution in [1.82, 2.24) is 4.90 Å². The van der Waals surface area contributed by atoms with Crippen LogP contribution in [0.2, 0.25) is 0 Å². The van der Waals surface area contributed by atoms with Crippen LogP contribution < -0.4 is 16.4 Å². The second kappa shape index (κ2) is 8.05. The van der Waals surface area contributed by atoms with Crippen molar-refractivity contribution in [3.63, 3.8) is 0 Å². The van der Waals surface area contributed by atoms with E-state index in [0.717, 1.165) is 21.4 Å². The maximum Gasteiger partial charge on any atom is 0.302 e. The van der Waals surface area contributed by atoms with Crippen molar-refractivity contribution in [2.75, 3.05) is 17.2 Å². The van der Waals surface area contributed by atoms with Crippen molar-refractivity contribution in [3.05, 3.63) is 33.3 Å².